The number of fused-ring (bicyclic) bond motifs is 2. The molecule has 2 fully saturated rings. The normalized spacial score (nSPS) is 29.0. The number of aromatic nitrogens is 4. The second kappa shape index (κ2) is 7.85. The Balaban J connectivity index is 1.23. The molecule has 176 valence electrons. The van der Waals surface area contributed by atoms with Crippen molar-refractivity contribution in [3.63, 3.8) is 0 Å². The fourth-order valence-corrected chi connectivity index (χ4v) is 5.37. The Morgan fingerprint density at radius 2 is 2.00 bits per heavy atom. The first-order chi connectivity index (χ1) is 16.3. The lowest BCUT2D eigenvalue weighted by Crippen LogP contribution is -2.43. The Labute approximate surface area is 202 Å². The molecule has 6 rings (SSSR count). The molecule has 2 saturated heterocycles. The number of halogens is 1. The zero-order valence-electron chi connectivity index (χ0n) is 18.0. The topological polar surface area (TPSA) is 155 Å². The molecule has 34 heavy (non-hydrogen) atoms. The molecule has 4 aromatic rings. The molecule has 0 amide bonds. The highest BCUT2D eigenvalue weighted by Crippen LogP contribution is 2.45. The second-order valence-electron chi connectivity index (χ2n) is 8.95. The molecule has 0 radical (unpaired) electrons. The quantitative estimate of drug-likeness (QED) is 0.313. The van der Waals surface area contributed by atoms with Crippen molar-refractivity contribution in [2.45, 2.75) is 43.0 Å². The van der Waals surface area contributed by atoms with Crippen LogP contribution in [0.2, 0.25) is 0 Å². The highest BCUT2D eigenvalue weighted by molar-refractivity contribution is 9.10. The molecule has 3 aromatic heterocycles. The van der Waals surface area contributed by atoms with E-state index in [1.165, 1.54) is 6.33 Å². The number of aliphatic hydroxyl groups excluding tert-OH is 2. The van der Waals surface area contributed by atoms with Gasteiger partial charge in [0.25, 0.3) is 0 Å². The summed E-state index contributed by atoms with van der Waals surface area (Å²) in [5, 5.41) is 23.5. The highest BCUT2D eigenvalue weighted by Gasteiger charge is 2.58. The molecule has 5 unspecified atom stereocenters. The number of rotatable bonds is 3. The molecule has 5 heterocycles. The maximum absolute atomic E-state index is 11.0. The SMILES string of the molecule is Nc1nc2cc(CC3CC4(CO3)OC(n3ccc5c(N)ncnc53)C(O)C4O)ccc2cc1Br. The van der Waals surface area contributed by atoms with Gasteiger partial charge in [-0.25, -0.2) is 15.0 Å². The molecule has 2 aliphatic rings. The van der Waals surface area contributed by atoms with Gasteiger partial charge in [-0.15, -0.1) is 0 Å². The maximum Gasteiger partial charge on any atom is 0.164 e. The third-order valence-electron chi connectivity index (χ3n) is 6.79. The van der Waals surface area contributed by atoms with Crippen molar-refractivity contribution in [2.24, 2.45) is 0 Å². The van der Waals surface area contributed by atoms with Crippen LogP contribution in [0.1, 0.15) is 18.2 Å². The Morgan fingerprint density at radius 1 is 1.15 bits per heavy atom. The first kappa shape index (κ1) is 21.7. The Bertz CT molecular complexity index is 1410. The van der Waals surface area contributed by atoms with Gasteiger partial charge in [-0.2, -0.15) is 0 Å². The van der Waals surface area contributed by atoms with Crippen molar-refractivity contribution in [1.29, 1.82) is 0 Å². The highest BCUT2D eigenvalue weighted by atomic mass is 79.9. The zero-order valence-corrected chi connectivity index (χ0v) is 19.6. The molecule has 5 atom stereocenters. The monoisotopic (exact) mass is 526 g/mol. The smallest absolute Gasteiger partial charge is 0.164 e. The number of anilines is 2. The number of pyridine rings is 1. The van der Waals surface area contributed by atoms with E-state index in [4.69, 9.17) is 20.9 Å². The average molecular weight is 527 g/mol. The maximum atomic E-state index is 11.0. The van der Waals surface area contributed by atoms with Crippen molar-refractivity contribution < 1.29 is 19.7 Å². The summed E-state index contributed by atoms with van der Waals surface area (Å²) < 4.78 is 14.8. The second-order valence-corrected chi connectivity index (χ2v) is 9.81. The van der Waals surface area contributed by atoms with Crippen LogP contribution in [0.25, 0.3) is 21.9 Å². The van der Waals surface area contributed by atoms with Crippen LogP contribution in [0.5, 0.6) is 0 Å². The number of hydrogen-bond acceptors (Lipinski definition) is 9. The molecule has 0 saturated carbocycles. The first-order valence-corrected chi connectivity index (χ1v) is 11.7. The van der Waals surface area contributed by atoms with E-state index in [0.29, 0.717) is 35.5 Å². The van der Waals surface area contributed by atoms with Crippen molar-refractivity contribution >= 4 is 49.5 Å². The van der Waals surface area contributed by atoms with Gasteiger partial charge in [-0.3, -0.25) is 0 Å². The molecule has 0 bridgehead atoms. The number of nitrogens with two attached hydrogens (primary N) is 2. The summed E-state index contributed by atoms with van der Waals surface area (Å²) in [7, 11) is 0. The fourth-order valence-electron chi connectivity index (χ4n) is 5.04. The van der Waals surface area contributed by atoms with Gasteiger partial charge < -0.3 is 35.7 Å². The minimum Gasteiger partial charge on any atom is -0.387 e. The fraction of sp³-hybridized carbons (Fsp3) is 0.348. The lowest BCUT2D eigenvalue weighted by atomic mass is 9.90. The Kier molecular flexibility index (Phi) is 5.01. The first-order valence-electron chi connectivity index (χ1n) is 10.9. The molecule has 10 nitrogen and oxygen atoms in total. The van der Waals surface area contributed by atoms with Crippen LogP contribution in [-0.4, -0.2) is 60.3 Å². The summed E-state index contributed by atoms with van der Waals surface area (Å²) in [5.41, 5.74) is 13.2. The van der Waals surface area contributed by atoms with Crippen LogP contribution < -0.4 is 11.5 Å². The summed E-state index contributed by atoms with van der Waals surface area (Å²) in [6.07, 6.45) is 0.861. The van der Waals surface area contributed by atoms with Crippen LogP contribution in [0.15, 0.2) is 47.3 Å². The largest absolute Gasteiger partial charge is 0.387 e. The van der Waals surface area contributed by atoms with Crippen LogP contribution in [0, 0.1) is 0 Å². The Hall–Kier alpha value is -2.83. The summed E-state index contributed by atoms with van der Waals surface area (Å²) in [4.78, 5) is 12.7. The van der Waals surface area contributed by atoms with Crippen molar-refractivity contribution in [3.8, 4) is 0 Å². The lowest BCUT2D eigenvalue weighted by molar-refractivity contribution is -0.103. The number of benzene rings is 1. The summed E-state index contributed by atoms with van der Waals surface area (Å²) in [6, 6.07) is 9.73. The number of nitrogen functional groups attached to an aromatic ring is 2. The van der Waals surface area contributed by atoms with Gasteiger partial charge in [0.05, 0.1) is 28.1 Å². The average Bonchev–Trinajstić information content (AvgIpc) is 3.49. The van der Waals surface area contributed by atoms with Gasteiger partial charge >= 0.3 is 0 Å². The number of ether oxygens (including phenoxy) is 2. The van der Waals surface area contributed by atoms with E-state index in [-0.39, 0.29) is 12.7 Å². The summed E-state index contributed by atoms with van der Waals surface area (Å²) >= 11 is 3.41. The van der Waals surface area contributed by atoms with Gasteiger partial charge in [-0.05, 0) is 46.1 Å². The van der Waals surface area contributed by atoms with E-state index < -0.39 is 24.0 Å². The van der Waals surface area contributed by atoms with Crippen molar-refractivity contribution in [3.05, 3.63) is 52.9 Å². The van der Waals surface area contributed by atoms with Crippen molar-refractivity contribution in [2.75, 3.05) is 18.1 Å². The molecule has 1 aromatic carbocycles. The Morgan fingerprint density at radius 3 is 2.85 bits per heavy atom. The number of aliphatic hydroxyl groups is 2. The van der Waals surface area contributed by atoms with Crippen LogP contribution >= 0.6 is 15.9 Å². The lowest BCUT2D eigenvalue weighted by Gasteiger charge is -2.25. The van der Waals surface area contributed by atoms with Crippen LogP contribution in [-0.2, 0) is 15.9 Å². The number of hydrogen-bond donors (Lipinski definition) is 4. The van der Waals surface area contributed by atoms with Gasteiger partial charge in [0, 0.05) is 18.0 Å². The van der Waals surface area contributed by atoms with Crippen molar-refractivity contribution in [1.82, 2.24) is 19.5 Å². The van der Waals surface area contributed by atoms with Gasteiger partial charge in [0.2, 0.25) is 0 Å². The number of nitrogens with zero attached hydrogens (tertiary/aromatic N) is 4. The predicted molar refractivity (Wildman–Crippen MR) is 129 cm³/mol. The van der Waals surface area contributed by atoms with Crippen LogP contribution in [0.3, 0.4) is 0 Å². The molecule has 1 spiro atoms. The third-order valence-corrected chi connectivity index (χ3v) is 7.42. The molecule has 11 heteroatoms. The standard InChI is InChI=1S/C23H23BrN6O4/c24-15-7-12-2-1-11(6-16(12)29-20(15)26)5-13-8-23(9-33-13)18(32)17(31)22(34-23)30-4-3-14-19(25)27-10-28-21(14)30/h1-4,6-7,10,13,17-18,22,31-32H,5,8-9H2,(H2,26,29)(H2,25,27,28). The molecular weight excluding hydrogens is 504 g/mol. The minimum atomic E-state index is -1.15. The molecule has 6 N–H and O–H groups in total. The summed E-state index contributed by atoms with van der Waals surface area (Å²) in [5.74, 6) is 0.780. The summed E-state index contributed by atoms with van der Waals surface area (Å²) in [6.45, 7) is 0.175. The van der Waals surface area contributed by atoms with E-state index >= 15 is 0 Å². The van der Waals surface area contributed by atoms with Crippen LogP contribution in [0.4, 0.5) is 11.6 Å². The van der Waals surface area contributed by atoms with E-state index in [1.807, 2.05) is 24.3 Å². The van der Waals surface area contributed by atoms with Gasteiger partial charge in [0.15, 0.2) is 6.23 Å². The van der Waals surface area contributed by atoms with Gasteiger partial charge in [0.1, 0.15) is 41.4 Å². The zero-order chi connectivity index (χ0) is 23.6. The predicted octanol–water partition coefficient (Wildman–Crippen LogP) is 1.93. The molecule has 0 aliphatic carbocycles. The minimum absolute atomic E-state index is 0.175. The third kappa shape index (κ3) is 3.35. The van der Waals surface area contributed by atoms with E-state index in [9.17, 15) is 10.2 Å². The van der Waals surface area contributed by atoms with Gasteiger partial charge in [-0.1, -0.05) is 12.1 Å². The van der Waals surface area contributed by atoms with E-state index in [2.05, 4.69) is 30.9 Å². The van der Waals surface area contributed by atoms with E-state index in [1.54, 1.807) is 16.8 Å². The van der Waals surface area contributed by atoms with E-state index in [0.717, 1.165) is 20.9 Å². The molecular formula is C23H23BrN6O4. The molecule has 2 aliphatic heterocycles.